The molecule has 1 saturated heterocycles. The molecule has 1 aliphatic heterocycles. The largest absolute Gasteiger partial charge is 0.391 e. The average Bonchev–Trinajstić information content (AvgIpc) is 2.11. The minimum Gasteiger partial charge on any atom is -0.391 e. The third-order valence-corrected chi connectivity index (χ3v) is 2.25. The van der Waals surface area contributed by atoms with Gasteiger partial charge in [0.2, 0.25) is 5.91 Å². The maximum absolute atomic E-state index is 11.3. The molecule has 4 nitrogen and oxygen atoms in total. The first-order valence-corrected chi connectivity index (χ1v) is 4.69. The van der Waals surface area contributed by atoms with E-state index < -0.39 is 0 Å². The van der Waals surface area contributed by atoms with Gasteiger partial charge >= 0.3 is 0 Å². The summed E-state index contributed by atoms with van der Waals surface area (Å²) in [5, 5.41) is 9.33. The van der Waals surface area contributed by atoms with Crippen molar-refractivity contribution >= 4 is 5.91 Å². The monoisotopic (exact) mass is 187 g/mol. The molecule has 1 amide bonds. The lowest BCUT2D eigenvalue weighted by molar-refractivity contribution is -0.136. The molecule has 0 aromatic carbocycles. The van der Waals surface area contributed by atoms with Crippen LogP contribution in [0.25, 0.3) is 0 Å². The molecule has 0 saturated carbocycles. The fourth-order valence-corrected chi connectivity index (χ4v) is 1.51. The lowest BCUT2D eigenvalue weighted by atomic mass is 10.1. The minimum atomic E-state index is -0.333. The molecular formula is C9H17NO3. The van der Waals surface area contributed by atoms with Crippen LogP contribution < -0.4 is 0 Å². The van der Waals surface area contributed by atoms with E-state index in [4.69, 9.17) is 4.74 Å². The predicted molar refractivity (Wildman–Crippen MR) is 48.3 cm³/mol. The number of aliphatic hydroxyl groups excluding tert-OH is 1. The summed E-state index contributed by atoms with van der Waals surface area (Å²) in [4.78, 5) is 13.0. The second-order valence-corrected chi connectivity index (χ2v) is 3.38. The van der Waals surface area contributed by atoms with Crippen molar-refractivity contribution in [3.8, 4) is 0 Å². The van der Waals surface area contributed by atoms with E-state index in [1.54, 1.807) is 12.0 Å². The number of likely N-dealkylation sites (tertiary alicyclic amines) is 1. The Morgan fingerprint density at radius 3 is 3.15 bits per heavy atom. The van der Waals surface area contributed by atoms with E-state index in [0.717, 1.165) is 6.42 Å². The van der Waals surface area contributed by atoms with Crippen molar-refractivity contribution in [2.45, 2.75) is 25.4 Å². The molecule has 0 bridgehead atoms. The number of carbonyl (C=O) groups is 1. The van der Waals surface area contributed by atoms with Gasteiger partial charge in [0.25, 0.3) is 0 Å². The van der Waals surface area contributed by atoms with Gasteiger partial charge in [-0.2, -0.15) is 0 Å². The number of amides is 1. The fraction of sp³-hybridized carbons (Fsp3) is 0.889. The maximum Gasteiger partial charge on any atom is 0.222 e. The van der Waals surface area contributed by atoms with Crippen LogP contribution in [0.3, 0.4) is 0 Å². The van der Waals surface area contributed by atoms with E-state index >= 15 is 0 Å². The summed E-state index contributed by atoms with van der Waals surface area (Å²) in [7, 11) is 1.65. The summed E-state index contributed by atoms with van der Waals surface area (Å²) < 4.78 is 4.89. The second kappa shape index (κ2) is 5.19. The van der Waals surface area contributed by atoms with E-state index in [1.807, 2.05) is 0 Å². The molecule has 13 heavy (non-hydrogen) atoms. The Bertz CT molecular complexity index is 172. The van der Waals surface area contributed by atoms with Crippen molar-refractivity contribution in [1.82, 2.24) is 4.90 Å². The molecule has 1 atom stereocenters. The van der Waals surface area contributed by atoms with E-state index in [-0.39, 0.29) is 12.0 Å². The lowest BCUT2D eigenvalue weighted by Crippen LogP contribution is -2.43. The highest BCUT2D eigenvalue weighted by atomic mass is 16.5. The van der Waals surface area contributed by atoms with Crippen LogP contribution in [-0.2, 0) is 9.53 Å². The van der Waals surface area contributed by atoms with Gasteiger partial charge in [-0.3, -0.25) is 4.79 Å². The highest BCUT2D eigenvalue weighted by Crippen LogP contribution is 2.11. The first-order valence-electron chi connectivity index (χ1n) is 4.69. The molecule has 0 aromatic heterocycles. The van der Waals surface area contributed by atoms with Gasteiger partial charge in [-0.15, -0.1) is 0 Å². The molecule has 1 fully saturated rings. The van der Waals surface area contributed by atoms with Crippen molar-refractivity contribution in [2.24, 2.45) is 0 Å². The highest BCUT2D eigenvalue weighted by Gasteiger charge is 2.23. The standard InChI is InChI=1S/C9H17NO3/c1-13-6-2-5-10-7-8(11)3-4-9(10)12/h8,11H,2-7H2,1H3. The van der Waals surface area contributed by atoms with Crippen LogP contribution in [-0.4, -0.2) is 48.8 Å². The summed E-state index contributed by atoms with van der Waals surface area (Å²) in [6, 6.07) is 0. The van der Waals surface area contributed by atoms with Crippen molar-refractivity contribution in [3.63, 3.8) is 0 Å². The summed E-state index contributed by atoms with van der Waals surface area (Å²) in [6.07, 6.45) is 1.60. The zero-order valence-corrected chi connectivity index (χ0v) is 8.03. The normalized spacial score (nSPS) is 23.7. The number of rotatable bonds is 4. The first-order chi connectivity index (χ1) is 6.24. The number of carbonyl (C=O) groups excluding carboxylic acids is 1. The molecule has 0 radical (unpaired) electrons. The van der Waals surface area contributed by atoms with Crippen LogP contribution in [0.15, 0.2) is 0 Å². The molecule has 0 spiro atoms. The van der Waals surface area contributed by atoms with Crippen molar-refractivity contribution in [1.29, 1.82) is 0 Å². The fourth-order valence-electron chi connectivity index (χ4n) is 1.51. The van der Waals surface area contributed by atoms with Crippen molar-refractivity contribution in [2.75, 3.05) is 26.8 Å². The van der Waals surface area contributed by atoms with E-state index in [2.05, 4.69) is 0 Å². The zero-order chi connectivity index (χ0) is 9.68. The van der Waals surface area contributed by atoms with Gasteiger partial charge in [0.05, 0.1) is 6.10 Å². The Morgan fingerprint density at radius 2 is 2.46 bits per heavy atom. The number of nitrogens with zero attached hydrogens (tertiary/aromatic N) is 1. The van der Waals surface area contributed by atoms with Crippen LogP contribution in [0.5, 0.6) is 0 Å². The second-order valence-electron chi connectivity index (χ2n) is 3.38. The van der Waals surface area contributed by atoms with Gasteiger partial charge in [0.1, 0.15) is 0 Å². The maximum atomic E-state index is 11.3. The van der Waals surface area contributed by atoms with E-state index in [9.17, 15) is 9.90 Å². The number of piperidine rings is 1. The highest BCUT2D eigenvalue weighted by molar-refractivity contribution is 5.77. The average molecular weight is 187 g/mol. The number of hydrogen-bond donors (Lipinski definition) is 1. The zero-order valence-electron chi connectivity index (χ0n) is 8.03. The molecular weight excluding hydrogens is 170 g/mol. The number of aliphatic hydroxyl groups is 1. The number of ether oxygens (including phenoxy) is 1. The lowest BCUT2D eigenvalue weighted by Gasteiger charge is -2.29. The third-order valence-electron chi connectivity index (χ3n) is 2.25. The topological polar surface area (TPSA) is 49.8 Å². The molecule has 76 valence electrons. The molecule has 1 unspecified atom stereocenters. The molecule has 1 heterocycles. The number of methoxy groups -OCH3 is 1. The van der Waals surface area contributed by atoms with Crippen LogP contribution in [0.2, 0.25) is 0 Å². The Morgan fingerprint density at radius 1 is 1.69 bits per heavy atom. The SMILES string of the molecule is COCCCN1CC(O)CCC1=O. The smallest absolute Gasteiger partial charge is 0.222 e. The summed E-state index contributed by atoms with van der Waals surface area (Å²) in [5.41, 5.74) is 0. The minimum absolute atomic E-state index is 0.154. The molecule has 4 heteroatoms. The summed E-state index contributed by atoms with van der Waals surface area (Å²) in [5.74, 6) is 0.154. The van der Waals surface area contributed by atoms with Gasteiger partial charge in [-0.1, -0.05) is 0 Å². The summed E-state index contributed by atoms with van der Waals surface area (Å²) >= 11 is 0. The Labute approximate surface area is 78.5 Å². The van der Waals surface area contributed by atoms with E-state index in [1.165, 1.54) is 0 Å². The molecule has 1 aliphatic rings. The number of β-amino-alcohol motifs (C(OH)–C–C–N with tert-alkyl or cyclic N) is 1. The molecule has 1 N–H and O–H groups in total. The Hall–Kier alpha value is -0.610. The molecule has 1 rings (SSSR count). The van der Waals surface area contributed by atoms with Crippen molar-refractivity contribution in [3.05, 3.63) is 0 Å². The van der Waals surface area contributed by atoms with Crippen LogP contribution in [0.4, 0.5) is 0 Å². The van der Waals surface area contributed by atoms with Gasteiger partial charge in [0.15, 0.2) is 0 Å². The van der Waals surface area contributed by atoms with Gasteiger partial charge < -0.3 is 14.7 Å². The van der Waals surface area contributed by atoms with Crippen LogP contribution in [0, 0.1) is 0 Å². The van der Waals surface area contributed by atoms with Gasteiger partial charge in [-0.25, -0.2) is 0 Å². The number of hydrogen-bond acceptors (Lipinski definition) is 3. The predicted octanol–water partition coefficient (Wildman–Crippen LogP) is 0.00620. The Balaban J connectivity index is 2.25. The molecule has 0 aromatic rings. The van der Waals surface area contributed by atoms with Gasteiger partial charge in [-0.05, 0) is 12.8 Å². The third kappa shape index (κ3) is 3.32. The van der Waals surface area contributed by atoms with Crippen LogP contribution in [0.1, 0.15) is 19.3 Å². The van der Waals surface area contributed by atoms with Crippen molar-refractivity contribution < 1.29 is 14.6 Å². The quantitative estimate of drug-likeness (QED) is 0.630. The summed E-state index contributed by atoms with van der Waals surface area (Å²) in [6.45, 7) is 1.85. The Kier molecular flexibility index (Phi) is 4.18. The first kappa shape index (κ1) is 10.5. The van der Waals surface area contributed by atoms with E-state index in [0.29, 0.717) is 32.5 Å². The van der Waals surface area contributed by atoms with Gasteiger partial charge in [0, 0.05) is 33.2 Å². The van der Waals surface area contributed by atoms with Crippen LogP contribution >= 0.6 is 0 Å². The molecule has 0 aliphatic carbocycles.